The number of hydrogen-bond acceptors (Lipinski definition) is 5. The Hall–Kier alpha value is -3.13. The summed E-state index contributed by atoms with van der Waals surface area (Å²) in [7, 11) is 1.63. The monoisotopic (exact) mass is 494 g/mol. The number of carbonyl (C=O) groups excluding carboxylic acids is 1. The molecule has 5 rings (SSSR count). The molecule has 4 unspecified atom stereocenters. The molecular weight excluding hydrogens is 459 g/mol. The van der Waals surface area contributed by atoms with Crippen molar-refractivity contribution in [3.05, 3.63) is 65.5 Å². The fourth-order valence-corrected chi connectivity index (χ4v) is 5.93. The lowest BCUT2D eigenvalue weighted by Gasteiger charge is -2.49. The number of amides is 2. The standard InChI is InChI=1S/C28H35FN4O3/c1-18-7-6-10-23(29)27(18)32-17-20-16-31-26(30-15-19-11-12-22(34)13-25(19)36-2)14-24(20)33(28(32)35)21-8-4-3-5-9-21/h6-7,10-14,16,19-21,24-25,30,34H,3-5,8-9,15,17H2,1-2H3. The first-order valence-corrected chi connectivity index (χ1v) is 12.9. The van der Waals surface area contributed by atoms with E-state index in [0.29, 0.717) is 18.8 Å². The Morgan fingerprint density at radius 3 is 2.78 bits per heavy atom. The minimum Gasteiger partial charge on any atom is -0.508 e. The van der Waals surface area contributed by atoms with Gasteiger partial charge in [0.2, 0.25) is 0 Å². The molecule has 36 heavy (non-hydrogen) atoms. The quantitative estimate of drug-likeness (QED) is 0.593. The minimum absolute atomic E-state index is 0.0321. The van der Waals surface area contributed by atoms with E-state index in [1.54, 1.807) is 30.2 Å². The summed E-state index contributed by atoms with van der Waals surface area (Å²) in [5.74, 6) is 0.568. The average molecular weight is 495 g/mol. The van der Waals surface area contributed by atoms with Crippen molar-refractivity contribution in [1.82, 2.24) is 10.2 Å². The second-order valence-corrected chi connectivity index (χ2v) is 10.2. The van der Waals surface area contributed by atoms with E-state index in [1.807, 2.05) is 30.2 Å². The predicted molar refractivity (Wildman–Crippen MR) is 139 cm³/mol. The molecule has 1 aromatic rings. The van der Waals surface area contributed by atoms with E-state index in [4.69, 9.17) is 4.74 Å². The molecule has 8 heteroatoms. The zero-order valence-electron chi connectivity index (χ0n) is 20.9. The van der Waals surface area contributed by atoms with E-state index in [-0.39, 0.29) is 47.6 Å². The van der Waals surface area contributed by atoms with Gasteiger partial charge in [-0.25, -0.2) is 14.2 Å². The lowest BCUT2D eigenvalue weighted by Crippen LogP contribution is -2.63. The van der Waals surface area contributed by atoms with Crippen molar-refractivity contribution in [3.63, 3.8) is 0 Å². The predicted octanol–water partition coefficient (Wildman–Crippen LogP) is 4.85. The minimum atomic E-state index is -0.371. The maximum Gasteiger partial charge on any atom is 0.325 e. The highest BCUT2D eigenvalue weighted by molar-refractivity contribution is 5.96. The average Bonchev–Trinajstić information content (AvgIpc) is 2.88. The summed E-state index contributed by atoms with van der Waals surface area (Å²) in [5.41, 5.74) is 1.12. The number of anilines is 1. The second kappa shape index (κ2) is 10.5. The zero-order valence-corrected chi connectivity index (χ0v) is 20.9. The van der Waals surface area contributed by atoms with Gasteiger partial charge in [-0.1, -0.05) is 37.5 Å². The van der Waals surface area contributed by atoms with Gasteiger partial charge in [-0.2, -0.15) is 0 Å². The number of fused-ring (bicyclic) bond motifs is 1. The maximum atomic E-state index is 14.9. The van der Waals surface area contributed by atoms with Gasteiger partial charge in [0.15, 0.2) is 0 Å². The topological polar surface area (TPSA) is 77.4 Å². The van der Waals surface area contributed by atoms with Crippen LogP contribution in [0.2, 0.25) is 0 Å². The molecule has 2 heterocycles. The molecular formula is C28H35FN4O3. The van der Waals surface area contributed by atoms with Crippen LogP contribution < -0.4 is 10.2 Å². The number of aryl methyl sites for hydroxylation is 1. The smallest absolute Gasteiger partial charge is 0.325 e. The molecule has 2 aliphatic carbocycles. The highest BCUT2D eigenvalue weighted by Crippen LogP contribution is 2.36. The van der Waals surface area contributed by atoms with Crippen LogP contribution in [-0.2, 0) is 4.74 Å². The van der Waals surface area contributed by atoms with Crippen molar-refractivity contribution in [2.24, 2.45) is 16.8 Å². The van der Waals surface area contributed by atoms with E-state index < -0.39 is 0 Å². The van der Waals surface area contributed by atoms with Crippen molar-refractivity contribution < 1.29 is 19.0 Å². The molecule has 2 amide bonds. The number of carbonyl (C=O) groups is 1. The van der Waals surface area contributed by atoms with Crippen LogP contribution >= 0.6 is 0 Å². The van der Waals surface area contributed by atoms with Crippen molar-refractivity contribution in [3.8, 4) is 0 Å². The Balaban J connectivity index is 1.39. The number of para-hydroxylation sites is 1. The lowest BCUT2D eigenvalue weighted by molar-refractivity contribution is 0.102. The molecule has 192 valence electrons. The van der Waals surface area contributed by atoms with Gasteiger partial charge in [0.05, 0.1) is 17.8 Å². The number of benzene rings is 1. The van der Waals surface area contributed by atoms with Gasteiger partial charge in [-0.15, -0.1) is 0 Å². The summed E-state index contributed by atoms with van der Waals surface area (Å²) in [6.45, 7) is 2.82. The maximum absolute atomic E-state index is 14.9. The van der Waals surface area contributed by atoms with Crippen molar-refractivity contribution >= 4 is 17.9 Å². The van der Waals surface area contributed by atoms with Crippen LogP contribution in [0.3, 0.4) is 0 Å². The van der Waals surface area contributed by atoms with Crippen LogP contribution in [0.1, 0.15) is 37.7 Å². The van der Waals surface area contributed by atoms with Gasteiger partial charge in [-0.3, -0.25) is 4.90 Å². The van der Waals surface area contributed by atoms with Crippen molar-refractivity contribution in [2.45, 2.75) is 57.2 Å². The fraction of sp³-hybridized carbons (Fsp3) is 0.500. The van der Waals surface area contributed by atoms with Gasteiger partial charge >= 0.3 is 6.03 Å². The van der Waals surface area contributed by atoms with E-state index in [0.717, 1.165) is 37.1 Å². The van der Waals surface area contributed by atoms with Crippen LogP contribution in [0.4, 0.5) is 14.9 Å². The Labute approximate surface area is 212 Å². The molecule has 1 saturated carbocycles. The van der Waals surface area contributed by atoms with Gasteiger partial charge in [-0.05, 0) is 49.6 Å². The number of rotatable bonds is 6. The number of nitrogens with one attached hydrogen (secondary N) is 1. The summed E-state index contributed by atoms with van der Waals surface area (Å²) in [6, 6.07) is 4.82. The molecule has 0 spiro atoms. The number of ether oxygens (including phenoxy) is 1. The normalized spacial score (nSPS) is 28.6. The highest BCUT2D eigenvalue weighted by atomic mass is 19.1. The molecule has 0 aromatic heterocycles. The van der Waals surface area contributed by atoms with E-state index in [1.165, 1.54) is 12.5 Å². The number of nitrogens with zero attached hydrogens (tertiary/aromatic N) is 3. The van der Waals surface area contributed by atoms with Gasteiger partial charge in [0.1, 0.15) is 17.4 Å². The first-order valence-electron chi connectivity index (χ1n) is 12.9. The number of urea groups is 1. The Kier molecular flexibility index (Phi) is 7.14. The largest absolute Gasteiger partial charge is 0.508 e. The molecule has 0 bridgehead atoms. The van der Waals surface area contributed by atoms with E-state index in [9.17, 15) is 14.3 Å². The lowest BCUT2D eigenvalue weighted by atomic mass is 9.87. The van der Waals surface area contributed by atoms with Crippen LogP contribution in [0.5, 0.6) is 0 Å². The molecule has 1 saturated heterocycles. The molecule has 4 aliphatic rings. The van der Waals surface area contributed by atoms with Crippen LogP contribution in [0, 0.1) is 24.6 Å². The molecule has 7 nitrogen and oxygen atoms in total. The SMILES string of the molecule is COC1C=C(O)C=CC1CNC1=CC2C(C=N1)CN(c1c(C)cccc1F)C(=O)N2C1CCCCC1. The third-order valence-corrected chi connectivity index (χ3v) is 7.83. The van der Waals surface area contributed by atoms with Crippen LogP contribution in [-0.4, -0.2) is 60.6 Å². The first-order chi connectivity index (χ1) is 17.5. The molecule has 1 aromatic carbocycles. The number of aliphatic hydroxyl groups is 1. The summed E-state index contributed by atoms with van der Waals surface area (Å²) in [4.78, 5) is 22.2. The number of allylic oxidation sites excluding steroid dienone is 1. The summed E-state index contributed by atoms with van der Waals surface area (Å²) in [5, 5.41) is 13.2. The molecule has 2 fully saturated rings. The number of aliphatic imine (C=N–C) groups is 1. The summed E-state index contributed by atoms with van der Waals surface area (Å²) in [6.07, 6.45) is 14.4. The van der Waals surface area contributed by atoms with Gasteiger partial charge in [0.25, 0.3) is 0 Å². The second-order valence-electron chi connectivity index (χ2n) is 10.2. The molecule has 2 N–H and O–H groups in total. The zero-order chi connectivity index (χ0) is 25.2. The van der Waals surface area contributed by atoms with Crippen molar-refractivity contribution in [2.75, 3.05) is 25.1 Å². The molecule has 2 aliphatic heterocycles. The molecule has 4 atom stereocenters. The van der Waals surface area contributed by atoms with E-state index in [2.05, 4.69) is 16.4 Å². The highest BCUT2D eigenvalue weighted by Gasteiger charge is 2.44. The van der Waals surface area contributed by atoms with E-state index >= 15 is 0 Å². The molecule has 0 radical (unpaired) electrons. The Morgan fingerprint density at radius 1 is 1.22 bits per heavy atom. The van der Waals surface area contributed by atoms with Crippen molar-refractivity contribution in [1.29, 1.82) is 0 Å². The van der Waals surface area contributed by atoms with Crippen LogP contribution in [0.15, 0.2) is 59.1 Å². The van der Waals surface area contributed by atoms with Crippen LogP contribution in [0.25, 0.3) is 0 Å². The van der Waals surface area contributed by atoms with Gasteiger partial charge in [0, 0.05) is 44.3 Å². The number of methoxy groups -OCH3 is 1. The number of hydrogen-bond donors (Lipinski definition) is 2. The third-order valence-electron chi connectivity index (χ3n) is 7.83. The fourth-order valence-electron chi connectivity index (χ4n) is 5.93. The first kappa shape index (κ1) is 24.6. The number of halogens is 1. The Bertz CT molecular complexity index is 1090. The Morgan fingerprint density at radius 2 is 2.03 bits per heavy atom. The summed E-state index contributed by atoms with van der Waals surface area (Å²) >= 11 is 0. The van der Waals surface area contributed by atoms with Gasteiger partial charge < -0.3 is 20.1 Å². The number of aliphatic hydroxyl groups excluding tert-OH is 1. The summed E-state index contributed by atoms with van der Waals surface area (Å²) < 4.78 is 20.4. The third kappa shape index (κ3) is 4.78.